The summed E-state index contributed by atoms with van der Waals surface area (Å²) in [6.45, 7) is 0. The van der Waals surface area contributed by atoms with Crippen molar-refractivity contribution >= 4 is 16.9 Å². The lowest BCUT2D eigenvalue weighted by Gasteiger charge is -2.16. The average molecular weight is 448 g/mol. The number of carbonyl (C=O) groups is 1. The molecule has 0 fully saturated rings. The average Bonchev–Trinajstić information content (AvgIpc) is 2.89. The van der Waals surface area contributed by atoms with E-state index in [0.717, 1.165) is 0 Å². The van der Waals surface area contributed by atoms with E-state index in [-0.39, 0.29) is 5.56 Å². The highest BCUT2D eigenvalue weighted by Crippen LogP contribution is 2.31. The second-order valence-corrected chi connectivity index (χ2v) is 7.54. The fraction of sp³-hybridized carbons (Fsp3) is 0.0357. The van der Waals surface area contributed by atoms with Crippen LogP contribution >= 0.6 is 0 Å². The number of hydrogen-bond acceptors (Lipinski definition) is 5. The van der Waals surface area contributed by atoms with Crippen molar-refractivity contribution < 1.29 is 14.3 Å². The molecule has 34 heavy (non-hydrogen) atoms. The molecule has 166 valence electrons. The maximum absolute atomic E-state index is 13.6. The molecule has 0 amide bonds. The quantitative estimate of drug-likeness (QED) is 0.270. The van der Waals surface area contributed by atoms with Gasteiger partial charge in [-0.25, -0.2) is 9.78 Å². The summed E-state index contributed by atoms with van der Waals surface area (Å²) < 4.78 is 12.5. The Bertz CT molecular complexity index is 1540. The summed E-state index contributed by atoms with van der Waals surface area (Å²) in [6, 6.07) is 30.1. The van der Waals surface area contributed by atoms with E-state index < -0.39 is 5.97 Å². The minimum atomic E-state index is -0.493. The van der Waals surface area contributed by atoms with Crippen molar-refractivity contribution in [3.8, 4) is 28.6 Å². The third kappa shape index (κ3) is 3.93. The molecule has 0 atom stereocenters. The van der Waals surface area contributed by atoms with Crippen molar-refractivity contribution in [1.82, 2.24) is 9.55 Å². The van der Waals surface area contributed by atoms with E-state index in [1.807, 2.05) is 18.2 Å². The van der Waals surface area contributed by atoms with E-state index in [9.17, 15) is 9.59 Å². The number of para-hydroxylation sites is 2. The summed E-state index contributed by atoms with van der Waals surface area (Å²) in [5.74, 6) is 0.850. The third-order valence-corrected chi connectivity index (χ3v) is 5.45. The summed E-state index contributed by atoms with van der Waals surface area (Å²) in [6.07, 6.45) is 0. The molecule has 0 saturated heterocycles. The van der Waals surface area contributed by atoms with Gasteiger partial charge in [0.2, 0.25) is 0 Å². The highest BCUT2D eigenvalue weighted by molar-refractivity contribution is 5.92. The fourth-order valence-electron chi connectivity index (χ4n) is 3.76. The molecule has 0 unspecified atom stereocenters. The molecule has 4 aromatic carbocycles. The largest absolute Gasteiger partial charge is 0.497 e. The summed E-state index contributed by atoms with van der Waals surface area (Å²) in [5, 5.41) is 0.487. The SMILES string of the molecule is COc1ccc(-n2c(-c3ccccc3OC(=O)c3ccccc3)nc3ccccc3c2=O)cc1. The van der Waals surface area contributed by atoms with Gasteiger partial charge in [-0.05, 0) is 60.7 Å². The van der Waals surface area contributed by atoms with Gasteiger partial charge in [-0.2, -0.15) is 0 Å². The molecule has 0 aliphatic rings. The van der Waals surface area contributed by atoms with E-state index in [4.69, 9.17) is 14.5 Å². The van der Waals surface area contributed by atoms with Crippen molar-refractivity contribution in [2.24, 2.45) is 0 Å². The van der Waals surface area contributed by atoms with Crippen molar-refractivity contribution in [3.05, 3.63) is 119 Å². The first kappa shape index (κ1) is 21.2. The molecule has 0 saturated carbocycles. The third-order valence-electron chi connectivity index (χ3n) is 5.45. The number of fused-ring (bicyclic) bond motifs is 1. The van der Waals surface area contributed by atoms with Crippen LogP contribution in [0.3, 0.4) is 0 Å². The van der Waals surface area contributed by atoms with Gasteiger partial charge in [0, 0.05) is 0 Å². The monoisotopic (exact) mass is 448 g/mol. The fourth-order valence-corrected chi connectivity index (χ4v) is 3.76. The van der Waals surface area contributed by atoms with Crippen LogP contribution in [0, 0.1) is 0 Å². The molecule has 0 spiro atoms. The number of esters is 1. The normalized spacial score (nSPS) is 10.7. The van der Waals surface area contributed by atoms with E-state index in [2.05, 4.69) is 0 Å². The number of ether oxygens (including phenoxy) is 2. The topological polar surface area (TPSA) is 70.4 Å². The second kappa shape index (κ2) is 9.03. The molecule has 0 radical (unpaired) electrons. The molecular weight excluding hydrogens is 428 g/mol. The lowest BCUT2D eigenvalue weighted by molar-refractivity contribution is 0.0735. The van der Waals surface area contributed by atoms with Crippen LogP contribution in [0.1, 0.15) is 10.4 Å². The summed E-state index contributed by atoms with van der Waals surface area (Å²) in [7, 11) is 1.58. The highest BCUT2D eigenvalue weighted by atomic mass is 16.5. The number of rotatable bonds is 5. The lowest BCUT2D eigenvalue weighted by atomic mass is 10.1. The maximum atomic E-state index is 13.6. The van der Waals surface area contributed by atoms with Gasteiger partial charge in [0.1, 0.15) is 11.5 Å². The van der Waals surface area contributed by atoms with Gasteiger partial charge >= 0.3 is 5.97 Å². The molecule has 1 aromatic heterocycles. The standard InChI is InChI=1S/C28H20N2O4/c1-33-21-17-15-20(16-18-21)30-26(29-24-13-7-5-11-22(24)27(30)31)23-12-6-8-14-25(23)34-28(32)19-9-3-2-4-10-19/h2-18H,1H3. The first-order valence-electron chi connectivity index (χ1n) is 10.7. The van der Waals surface area contributed by atoms with Crippen molar-refractivity contribution in [2.75, 3.05) is 7.11 Å². The van der Waals surface area contributed by atoms with Crippen LogP contribution in [0.15, 0.2) is 108 Å². The van der Waals surface area contributed by atoms with Gasteiger partial charge in [-0.15, -0.1) is 0 Å². The van der Waals surface area contributed by atoms with Gasteiger partial charge in [0.15, 0.2) is 5.82 Å². The number of benzene rings is 4. The van der Waals surface area contributed by atoms with Crippen LogP contribution < -0.4 is 15.0 Å². The summed E-state index contributed by atoms with van der Waals surface area (Å²) in [5.41, 5.74) is 1.89. The molecule has 6 heteroatoms. The minimum Gasteiger partial charge on any atom is -0.497 e. The van der Waals surface area contributed by atoms with Crippen LogP contribution in [0.4, 0.5) is 0 Å². The molecule has 5 aromatic rings. The first-order chi connectivity index (χ1) is 16.7. The van der Waals surface area contributed by atoms with Crippen molar-refractivity contribution in [1.29, 1.82) is 0 Å². The molecule has 1 heterocycles. The highest BCUT2D eigenvalue weighted by Gasteiger charge is 2.19. The van der Waals surface area contributed by atoms with Gasteiger partial charge in [0.05, 0.1) is 34.8 Å². The first-order valence-corrected chi connectivity index (χ1v) is 10.7. The number of hydrogen-bond donors (Lipinski definition) is 0. The molecule has 5 rings (SSSR count). The number of carbonyl (C=O) groups excluding carboxylic acids is 1. The Morgan fingerprint density at radius 3 is 2.24 bits per heavy atom. The Morgan fingerprint density at radius 2 is 1.47 bits per heavy atom. The van der Waals surface area contributed by atoms with Crippen LogP contribution in [-0.4, -0.2) is 22.6 Å². The Labute approximate surface area is 195 Å². The van der Waals surface area contributed by atoms with Crippen molar-refractivity contribution in [3.63, 3.8) is 0 Å². The van der Waals surface area contributed by atoms with E-state index in [1.165, 1.54) is 4.57 Å². The van der Waals surface area contributed by atoms with E-state index in [1.54, 1.807) is 92.0 Å². The smallest absolute Gasteiger partial charge is 0.343 e. The van der Waals surface area contributed by atoms with Crippen LogP contribution in [0.5, 0.6) is 11.5 Å². The second-order valence-electron chi connectivity index (χ2n) is 7.54. The Morgan fingerprint density at radius 1 is 0.794 bits per heavy atom. The lowest BCUT2D eigenvalue weighted by Crippen LogP contribution is -2.22. The Balaban J connectivity index is 1.71. The van der Waals surface area contributed by atoms with Gasteiger partial charge < -0.3 is 9.47 Å². The number of nitrogens with zero attached hydrogens (tertiary/aromatic N) is 2. The molecule has 6 nitrogen and oxygen atoms in total. The molecule has 0 bridgehead atoms. The number of methoxy groups -OCH3 is 1. The number of aromatic nitrogens is 2. The molecule has 0 aliphatic carbocycles. The van der Waals surface area contributed by atoms with E-state index in [0.29, 0.717) is 45.0 Å². The Kier molecular flexibility index (Phi) is 5.62. The van der Waals surface area contributed by atoms with Crippen LogP contribution in [0.2, 0.25) is 0 Å². The zero-order valence-electron chi connectivity index (χ0n) is 18.3. The minimum absolute atomic E-state index is 0.227. The van der Waals surface area contributed by atoms with Gasteiger partial charge in [-0.1, -0.05) is 42.5 Å². The maximum Gasteiger partial charge on any atom is 0.343 e. The Hall–Kier alpha value is -4.71. The van der Waals surface area contributed by atoms with E-state index >= 15 is 0 Å². The van der Waals surface area contributed by atoms with Gasteiger partial charge in [-0.3, -0.25) is 9.36 Å². The zero-order chi connectivity index (χ0) is 23.5. The zero-order valence-corrected chi connectivity index (χ0v) is 18.3. The molecular formula is C28H20N2O4. The van der Waals surface area contributed by atoms with Gasteiger partial charge in [0.25, 0.3) is 5.56 Å². The van der Waals surface area contributed by atoms with Crippen LogP contribution in [-0.2, 0) is 0 Å². The van der Waals surface area contributed by atoms with Crippen molar-refractivity contribution in [2.45, 2.75) is 0 Å². The molecule has 0 N–H and O–H groups in total. The summed E-state index contributed by atoms with van der Waals surface area (Å²) >= 11 is 0. The van der Waals surface area contributed by atoms with Crippen LogP contribution in [0.25, 0.3) is 28.0 Å². The predicted molar refractivity (Wildman–Crippen MR) is 131 cm³/mol. The molecule has 0 aliphatic heterocycles. The predicted octanol–water partition coefficient (Wildman–Crippen LogP) is 5.28. The summed E-state index contributed by atoms with van der Waals surface area (Å²) in [4.78, 5) is 31.2.